The molecule has 1 aromatic heterocycles. The number of nitrogens with one attached hydrogen (secondary N) is 2. The maximum Gasteiger partial charge on any atom is 0.257 e. The number of benzene rings is 2. The topological polar surface area (TPSA) is 54.0 Å². The minimum absolute atomic E-state index is 0.202. The molecule has 5 heteroatoms. The second-order valence-corrected chi connectivity index (χ2v) is 5.34. The van der Waals surface area contributed by atoms with Crippen molar-refractivity contribution in [3.05, 3.63) is 83.8 Å². The number of nitrogens with zero attached hydrogens (tertiary/aromatic N) is 1. The molecular weight excluding hydrogens is 305 g/mol. The van der Waals surface area contributed by atoms with E-state index in [2.05, 4.69) is 15.6 Å². The van der Waals surface area contributed by atoms with Crippen molar-refractivity contribution in [3.63, 3.8) is 0 Å². The summed E-state index contributed by atoms with van der Waals surface area (Å²) in [7, 11) is 0. The van der Waals surface area contributed by atoms with Gasteiger partial charge in [-0.3, -0.25) is 4.79 Å². The molecule has 0 bridgehead atoms. The predicted molar refractivity (Wildman–Crippen MR) is 93.1 cm³/mol. The SMILES string of the molecule is Cc1ccccc1C(=O)Nc1ccc(Nc2cccc(F)c2)cn1. The number of aromatic nitrogens is 1. The fourth-order valence-electron chi connectivity index (χ4n) is 2.29. The number of hydrogen-bond donors (Lipinski definition) is 2. The number of anilines is 3. The van der Waals surface area contributed by atoms with Crippen LogP contribution in [0.2, 0.25) is 0 Å². The normalized spacial score (nSPS) is 10.2. The molecule has 0 radical (unpaired) electrons. The van der Waals surface area contributed by atoms with E-state index in [0.717, 1.165) is 5.56 Å². The Hall–Kier alpha value is -3.21. The molecule has 4 nitrogen and oxygen atoms in total. The van der Waals surface area contributed by atoms with Crippen LogP contribution in [0.1, 0.15) is 15.9 Å². The number of amides is 1. The lowest BCUT2D eigenvalue weighted by Crippen LogP contribution is -2.14. The van der Waals surface area contributed by atoms with Crippen molar-refractivity contribution < 1.29 is 9.18 Å². The Morgan fingerprint density at radius 2 is 1.83 bits per heavy atom. The van der Waals surface area contributed by atoms with Crippen molar-refractivity contribution in [1.82, 2.24) is 4.98 Å². The number of hydrogen-bond acceptors (Lipinski definition) is 3. The molecule has 0 aliphatic carbocycles. The Kier molecular flexibility index (Phi) is 4.52. The van der Waals surface area contributed by atoms with E-state index in [1.54, 1.807) is 36.5 Å². The molecular formula is C19H16FN3O. The quantitative estimate of drug-likeness (QED) is 0.742. The van der Waals surface area contributed by atoms with Crippen LogP contribution in [0, 0.1) is 12.7 Å². The van der Waals surface area contributed by atoms with Gasteiger partial charge in [0.15, 0.2) is 0 Å². The predicted octanol–water partition coefficient (Wildman–Crippen LogP) is 4.53. The third-order valence-electron chi connectivity index (χ3n) is 3.51. The first kappa shape index (κ1) is 15.7. The van der Waals surface area contributed by atoms with Crippen LogP contribution < -0.4 is 10.6 Å². The van der Waals surface area contributed by atoms with Gasteiger partial charge in [0.25, 0.3) is 5.91 Å². The highest BCUT2D eigenvalue weighted by Gasteiger charge is 2.09. The summed E-state index contributed by atoms with van der Waals surface area (Å²) in [5.41, 5.74) is 2.85. The van der Waals surface area contributed by atoms with Crippen LogP contribution in [0.25, 0.3) is 0 Å². The standard InChI is InChI=1S/C19H16FN3O/c1-13-5-2-3-8-17(13)19(24)23-18-10-9-16(12-21-18)22-15-7-4-6-14(20)11-15/h2-12,22H,1H3,(H,21,23,24). The van der Waals surface area contributed by atoms with Gasteiger partial charge in [-0.05, 0) is 48.9 Å². The lowest BCUT2D eigenvalue weighted by atomic mass is 10.1. The van der Waals surface area contributed by atoms with Gasteiger partial charge in [0.05, 0.1) is 11.9 Å². The highest BCUT2D eigenvalue weighted by molar-refractivity contribution is 6.04. The number of rotatable bonds is 4. The Labute approximate surface area is 139 Å². The molecule has 0 unspecified atom stereocenters. The zero-order chi connectivity index (χ0) is 16.9. The lowest BCUT2D eigenvalue weighted by Gasteiger charge is -2.09. The highest BCUT2D eigenvalue weighted by atomic mass is 19.1. The fourth-order valence-corrected chi connectivity index (χ4v) is 2.29. The van der Waals surface area contributed by atoms with Crippen LogP contribution in [0.5, 0.6) is 0 Å². The molecule has 0 aliphatic rings. The Balaban J connectivity index is 1.68. The van der Waals surface area contributed by atoms with Gasteiger partial charge in [-0.2, -0.15) is 0 Å². The average Bonchev–Trinajstić information content (AvgIpc) is 2.57. The molecule has 2 aromatic carbocycles. The smallest absolute Gasteiger partial charge is 0.257 e. The van der Waals surface area contributed by atoms with Crippen molar-refractivity contribution >= 4 is 23.1 Å². The third-order valence-corrected chi connectivity index (χ3v) is 3.51. The van der Waals surface area contributed by atoms with Gasteiger partial charge in [0.1, 0.15) is 11.6 Å². The summed E-state index contributed by atoms with van der Waals surface area (Å²) in [6.07, 6.45) is 1.58. The second-order valence-electron chi connectivity index (χ2n) is 5.34. The molecule has 0 saturated heterocycles. The summed E-state index contributed by atoms with van der Waals surface area (Å²) in [6.45, 7) is 1.88. The highest BCUT2D eigenvalue weighted by Crippen LogP contribution is 2.18. The molecule has 3 rings (SSSR count). The molecule has 3 aromatic rings. The molecule has 0 aliphatic heterocycles. The van der Waals surface area contributed by atoms with Gasteiger partial charge in [-0.15, -0.1) is 0 Å². The second kappa shape index (κ2) is 6.91. The van der Waals surface area contributed by atoms with Crippen molar-refractivity contribution in [2.45, 2.75) is 6.92 Å². The molecule has 0 atom stereocenters. The summed E-state index contributed by atoms with van der Waals surface area (Å²) in [6, 6.07) is 17.0. The lowest BCUT2D eigenvalue weighted by molar-refractivity contribution is 0.102. The Bertz CT molecular complexity index is 862. The number of halogens is 1. The number of pyridine rings is 1. The molecule has 24 heavy (non-hydrogen) atoms. The van der Waals surface area contributed by atoms with Crippen molar-refractivity contribution in [1.29, 1.82) is 0 Å². The van der Waals surface area contributed by atoms with Gasteiger partial charge in [-0.25, -0.2) is 9.37 Å². The minimum Gasteiger partial charge on any atom is -0.354 e. The van der Waals surface area contributed by atoms with Crippen molar-refractivity contribution in [2.24, 2.45) is 0 Å². The molecule has 2 N–H and O–H groups in total. The van der Waals surface area contributed by atoms with E-state index in [-0.39, 0.29) is 11.7 Å². The molecule has 1 amide bonds. The van der Waals surface area contributed by atoms with E-state index >= 15 is 0 Å². The van der Waals surface area contributed by atoms with E-state index in [4.69, 9.17) is 0 Å². The van der Waals surface area contributed by atoms with E-state index in [1.807, 2.05) is 25.1 Å². The van der Waals surface area contributed by atoms with Gasteiger partial charge in [0.2, 0.25) is 0 Å². The van der Waals surface area contributed by atoms with Crippen molar-refractivity contribution in [2.75, 3.05) is 10.6 Å². The molecule has 1 heterocycles. The first-order valence-electron chi connectivity index (χ1n) is 7.47. The molecule has 120 valence electrons. The van der Waals surface area contributed by atoms with E-state index in [9.17, 15) is 9.18 Å². The monoisotopic (exact) mass is 321 g/mol. The number of carbonyl (C=O) groups excluding carboxylic acids is 1. The van der Waals surface area contributed by atoms with Gasteiger partial charge < -0.3 is 10.6 Å². The summed E-state index contributed by atoms with van der Waals surface area (Å²) >= 11 is 0. The molecule has 0 fully saturated rings. The van der Waals surface area contributed by atoms with Gasteiger partial charge >= 0.3 is 0 Å². The van der Waals surface area contributed by atoms with Gasteiger partial charge in [-0.1, -0.05) is 24.3 Å². The maximum atomic E-state index is 13.2. The Morgan fingerprint density at radius 1 is 1.00 bits per heavy atom. The third kappa shape index (κ3) is 3.76. The van der Waals surface area contributed by atoms with E-state index < -0.39 is 0 Å². The first-order valence-corrected chi connectivity index (χ1v) is 7.47. The zero-order valence-electron chi connectivity index (χ0n) is 13.1. The largest absolute Gasteiger partial charge is 0.354 e. The number of carbonyl (C=O) groups is 1. The number of aryl methyl sites for hydroxylation is 1. The summed E-state index contributed by atoms with van der Waals surface area (Å²) in [4.78, 5) is 16.4. The van der Waals surface area contributed by atoms with Crippen LogP contribution >= 0.6 is 0 Å². The van der Waals surface area contributed by atoms with Crippen LogP contribution in [0.4, 0.5) is 21.6 Å². The average molecular weight is 321 g/mol. The fraction of sp³-hybridized carbons (Fsp3) is 0.0526. The summed E-state index contributed by atoms with van der Waals surface area (Å²) in [5.74, 6) is -0.0606. The van der Waals surface area contributed by atoms with E-state index in [0.29, 0.717) is 22.8 Å². The van der Waals surface area contributed by atoms with Crippen LogP contribution in [0.15, 0.2) is 66.9 Å². The van der Waals surface area contributed by atoms with Crippen molar-refractivity contribution in [3.8, 4) is 0 Å². The zero-order valence-corrected chi connectivity index (χ0v) is 13.1. The van der Waals surface area contributed by atoms with E-state index in [1.165, 1.54) is 12.1 Å². The minimum atomic E-state index is -0.310. The summed E-state index contributed by atoms with van der Waals surface area (Å²) < 4.78 is 13.2. The van der Waals surface area contributed by atoms with Crippen LogP contribution in [0.3, 0.4) is 0 Å². The maximum absolute atomic E-state index is 13.2. The first-order chi connectivity index (χ1) is 11.6. The Morgan fingerprint density at radius 3 is 2.54 bits per heavy atom. The molecule has 0 spiro atoms. The molecule has 0 saturated carbocycles. The van der Waals surface area contributed by atoms with Gasteiger partial charge in [0, 0.05) is 11.3 Å². The van der Waals surface area contributed by atoms with Crippen LogP contribution in [-0.4, -0.2) is 10.9 Å². The summed E-state index contributed by atoms with van der Waals surface area (Å²) in [5, 5.41) is 5.81. The van der Waals surface area contributed by atoms with Crippen LogP contribution in [-0.2, 0) is 0 Å².